The van der Waals surface area contributed by atoms with Crippen LogP contribution in [-0.2, 0) is 16.0 Å². The van der Waals surface area contributed by atoms with E-state index in [4.69, 9.17) is 0 Å². The summed E-state index contributed by atoms with van der Waals surface area (Å²) in [5, 5.41) is 2.95. The van der Waals surface area contributed by atoms with Crippen molar-refractivity contribution in [2.45, 2.75) is 26.7 Å². The molecule has 1 fully saturated rings. The first kappa shape index (κ1) is 18.1. The molecule has 1 atom stereocenters. The summed E-state index contributed by atoms with van der Waals surface area (Å²) in [6, 6.07) is 12.1. The van der Waals surface area contributed by atoms with Gasteiger partial charge >= 0.3 is 0 Å². The number of halogens is 1. The van der Waals surface area contributed by atoms with Crippen molar-refractivity contribution >= 4 is 17.5 Å². The van der Waals surface area contributed by atoms with Crippen LogP contribution in [-0.4, -0.2) is 29.8 Å². The predicted octanol–water partition coefficient (Wildman–Crippen LogP) is 3.47. The molecule has 1 heterocycles. The lowest BCUT2D eigenvalue weighted by molar-refractivity contribution is -0.128. The SMILES string of the molecule is Cc1cccc(NC(=O)[C@H]2CC(=O)N(CCc3ccc(F)cc3)C2)c1C. The van der Waals surface area contributed by atoms with Gasteiger partial charge in [0.2, 0.25) is 11.8 Å². The van der Waals surface area contributed by atoms with Gasteiger partial charge in [-0.15, -0.1) is 0 Å². The zero-order chi connectivity index (χ0) is 18.7. The average Bonchev–Trinajstić information content (AvgIpc) is 2.99. The maximum Gasteiger partial charge on any atom is 0.229 e. The van der Waals surface area contributed by atoms with Crippen LogP contribution in [0.25, 0.3) is 0 Å². The van der Waals surface area contributed by atoms with E-state index in [0.717, 1.165) is 22.4 Å². The number of likely N-dealkylation sites (tertiary alicyclic amines) is 1. The Bertz CT molecular complexity index is 817. The Labute approximate surface area is 153 Å². The molecule has 0 saturated carbocycles. The molecule has 1 saturated heterocycles. The van der Waals surface area contributed by atoms with Crippen LogP contribution in [0, 0.1) is 25.6 Å². The summed E-state index contributed by atoms with van der Waals surface area (Å²) >= 11 is 0. The van der Waals surface area contributed by atoms with Gasteiger partial charge in [-0.2, -0.15) is 0 Å². The number of carbonyl (C=O) groups excluding carboxylic acids is 2. The number of hydrogen-bond acceptors (Lipinski definition) is 2. The molecule has 1 aliphatic rings. The first-order valence-corrected chi connectivity index (χ1v) is 8.83. The highest BCUT2D eigenvalue weighted by molar-refractivity contribution is 5.97. The largest absolute Gasteiger partial charge is 0.342 e. The molecular formula is C21H23FN2O2. The van der Waals surface area contributed by atoms with E-state index in [1.165, 1.54) is 12.1 Å². The Kier molecular flexibility index (Phi) is 5.35. The highest BCUT2D eigenvalue weighted by Gasteiger charge is 2.34. The third-order valence-electron chi connectivity index (χ3n) is 5.03. The lowest BCUT2D eigenvalue weighted by Crippen LogP contribution is -2.30. The van der Waals surface area contributed by atoms with E-state index in [0.29, 0.717) is 19.5 Å². The van der Waals surface area contributed by atoms with E-state index in [9.17, 15) is 14.0 Å². The van der Waals surface area contributed by atoms with Crippen LogP contribution in [0.15, 0.2) is 42.5 Å². The van der Waals surface area contributed by atoms with Gasteiger partial charge < -0.3 is 10.2 Å². The molecule has 136 valence electrons. The Morgan fingerprint density at radius 3 is 2.65 bits per heavy atom. The molecule has 0 spiro atoms. The number of benzene rings is 2. The van der Waals surface area contributed by atoms with Crippen LogP contribution >= 0.6 is 0 Å². The van der Waals surface area contributed by atoms with Crippen LogP contribution in [0.5, 0.6) is 0 Å². The van der Waals surface area contributed by atoms with Crippen molar-refractivity contribution in [3.63, 3.8) is 0 Å². The number of nitrogens with one attached hydrogen (secondary N) is 1. The molecule has 2 aromatic carbocycles. The normalized spacial score (nSPS) is 16.8. The fraction of sp³-hybridized carbons (Fsp3) is 0.333. The van der Waals surface area contributed by atoms with Gasteiger partial charge in [0.05, 0.1) is 5.92 Å². The van der Waals surface area contributed by atoms with E-state index in [-0.39, 0.29) is 30.0 Å². The molecule has 0 radical (unpaired) electrons. The third-order valence-corrected chi connectivity index (χ3v) is 5.03. The van der Waals surface area contributed by atoms with Crippen LogP contribution in [0.3, 0.4) is 0 Å². The zero-order valence-electron chi connectivity index (χ0n) is 15.1. The quantitative estimate of drug-likeness (QED) is 0.894. The van der Waals surface area contributed by atoms with E-state index in [2.05, 4.69) is 5.32 Å². The fourth-order valence-corrected chi connectivity index (χ4v) is 3.20. The molecule has 5 heteroatoms. The first-order valence-electron chi connectivity index (χ1n) is 8.83. The number of nitrogens with zero attached hydrogens (tertiary/aromatic N) is 1. The van der Waals surface area contributed by atoms with E-state index >= 15 is 0 Å². The minimum Gasteiger partial charge on any atom is -0.342 e. The molecule has 0 bridgehead atoms. The van der Waals surface area contributed by atoms with E-state index < -0.39 is 0 Å². The second-order valence-corrected chi connectivity index (χ2v) is 6.85. The van der Waals surface area contributed by atoms with Gasteiger partial charge in [-0.1, -0.05) is 24.3 Å². The molecule has 0 aromatic heterocycles. The van der Waals surface area contributed by atoms with E-state index in [1.54, 1.807) is 17.0 Å². The number of carbonyl (C=O) groups is 2. The van der Waals surface area contributed by atoms with Gasteiger partial charge in [-0.3, -0.25) is 9.59 Å². The summed E-state index contributed by atoms with van der Waals surface area (Å²) in [6.45, 7) is 4.94. The third kappa shape index (κ3) is 4.10. The monoisotopic (exact) mass is 354 g/mol. The highest BCUT2D eigenvalue weighted by Crippen LogP contribution is 2.23. The lowest BCUT2D eigenvalue weighted by atomic mass is 10.1. The Balaban J connectivity index is 1.57. The van der Waals surface area contributed by atoms with Gasteiger partial charge in [-0.25, -0.2) is 4.39 Å². The van der Waals surface area contributed by atoms with Gasteiger partial charge in [0.15, 0.2) is 0 Å². The number of rotatable bonds is 5. The van der Waals surface area contributed by atoms with Gasteiger partial charge in [0.1, 0.15) is 5.82 Å². The van der Waals surface area contributed by atoms with Gasteiger partial charge in [0.25, 0.3) is 0 Å². The summed E-state index contributed by atoms with van der Waals surface area (Å²) in [5.74, 6) is -0.727. The molecule has 1 aliphatic heterocycles. The maximum absolute atomic E-state index is 13.0. The van der Waals surface area contributed by atoms with Crippen molar-refractivity contribution in [2.75, 3.05) is 18.4 Å². The summed E-state index contributed by atoms with van der Waals surface area (Å²) < 4.78 is 13.0. The second kappa shape index (κ2) is 7.68. The van der Waals surface area contributed by atoms with Crippen LogP contribution in [0.1, 0.15) is 23.1 Å². The second-order valence-electron chi connectivity index (χ2n) is 6.85. The Hall–Kier alpha value is -2.69. The van der Waals surface area contributed by atoms with Crippen molar-refractivity contribution in [3.8, 4) is 0 Å². The van der Waals surface area contributed by atoms with Crippen molar-refractivity contribution in [2.24, 2.45) is 5.92 Å². The molecule has 26 heavy (non-hydrogen) atoms. The Morgan fingerprint density at radius 1 is 1.19 bits per heavy atom. The fourth-order valence-electron chi connectivity index (χ4n) is 3.20. The minimum absolute atomic E-state index is 0.00627. The van der Waals surface area contributed by atoms with Crippen molar-refractivity contribution < 1.29 is 14.0 Å². The number of hydrogen-bond donors (Lipinski definition) is 1. The van der Waals surface area contributed by atoms with Gasteiger partial charge in [0, 0.05) is 25.2 Å². The minimum atomic E-state index is -0.337. The molecule has 2 amide bonds. The Morgan fingerprint density at radius 2 is 1.92 bits per heavy atom. The molecular weight excluding hydrogens is 331 g/mol. The summed E-state index contributed by atoms with van der Waals surface area (Å²) in [4.78, 5) is 26.5. The topological polar surface area (TPSA) is 49.4 Å². The molecule has 0 unspecified atom stereocenters. The van der Waals surface area contributed by atoms with Crippen LogP contribution < -0.4 is 5.32 Å². The van der Waals surface area contributed by atoms with Crippen molar-refractivity contribution in [1.29, 1.82) is 0 Å². The zero-order valence-corrected chi connectivity index (χ0v) is 15.1. The maximum atomic E-state index is 13.0. The van der Waals surface area contributed by atoms with Crippen molar-refractivity contribution in [3.05, 3.63) is 65.0 Å². The summed E-state index contributed by atoms with van der Waals surface area (Å²) in [5.41, 5.74) is 3.93. The number of amides is 2. The molecule has 0 aliphatic carbocycles. The number of aryl methyl sites for hydroxylation is 1. The molecule has 1 N–H and O–H groups in total. The van der Waals surface area contributed by atoms with Crippen molar-refractivity contribution in [1.82, 2.24) is 4.90 Å². The molecule has 4 nitrogen and oxygen atoms in total. The molecule has 2 aromatic rings. The first-order chi connectivity index (χ1) is 12.4. The van der Waals surface area contributed by atoms with E-state index in [1.807, 2.05) is 32.0 Å². The average molecular weight is 354 g/mol. The molecule has 3 rings (SSSR count). The van der Waals surface area contributed by atoms with Crippen LogP contribution in [0.2, 0.25) is 0 Å². The van der Waals surface area contributed by atoms with Crippen LogP contribution in [0.4, 0.5) is 10.1 Å². The number of anilines is 1. The highest BCUT2D eigenvalue weighted by atomic mass is 19.1. The summed E-state index contributed by atoms with van der Waals surface area (Å²) in [7, 11) is 0. The summed E-state index contributed by atoms with van der Waals surface area (Å²) in [6.07, 6.45) is 0.886. The lowest BCUT2D eigenvalue weighted by Gasteiger charge is -2.17. The van der Waals surface area contributed by atoms with Gasteiger partial charge in [-0.05, 0) is 55.2 Å². The smallest absolute Gasteiger partial charge is 0.229 e. The predicted molar refractivity (Wildman–Crippen MR) is 99.3 cm³/mol. The standard InChI is InChI=1S/C21H23FN2O2/c1-14-4-3-5-19(15(14)2)23-21(26)17-12-20(25)24(13-17)11-10-16-6-8-18(22)9-7-16/h3-9,17H,10-13H2,1-2H3,(H,23,26)/t17-/m0/s1.